The Morgan fingerprint density at radius 3 is 2.59 bits per heavy atom. The summed E-state index contributed by atoms with van der Waals surface area (Å²) in [5.74, 6) is 0.822. The predicted octanol–water partition coefficient (Wildman–Crippen LogP) is 4.02. The molecule has 0 unspecified atom stereocenters. The van der Waals surface area contributed by atoms with Gasteiger partial charge >= 0.3 is 0 Å². The van der Waals surface area contributed by atoms with E-state index in [0.29, 0.717) is 16.9 Å². The maximum absolute atomic E-state index is 9.32. The van der Waals surface area contributed by atoms with E-state index in [4.69, 9.17) is 10.2 Å². The first-order valence-electron chi connectivity index (χ1n) is 7.06. The van der Waals surface area contributed by atoms with Gasteiger partial charge in [-0.25, -0.2) is 4.98 Å². The lowest BCUT2D eigenvalue weighted by Gasteiger charge is -2.08. The number of anilines is 1. The molecule has 0 fully saturated rings. The van der Waals surface area contributed by atoms with E-state index in [0.717, 1.165) is 17.7 Å². The van der Waals surface area contributed by atoms with Crippen molar-refractivity contribution in [1.29, 1.82) is 5.26 Å². The van der Waals surface area contributed by atoms with Crippen LogP contribution < -0.4 is 5.73 Å². The van der Waals surface area contributed by atoms with Crippen molar-refractivity contribution in [2.75, 3.05) is 5.73 Å². The monoisotopic (exact) mass is 289 g/mol. The van der Waals surface area contributed by atoms with Crippen molar-refractivity contribution < 1.29 is 4.42 Å². The number of nitrogen functional groups attached to an aromatic ring is 1. The lowest BCUT2D eigenvalue weighted by atomic mass is 10.0. The molecule has 0 bridgehead atoms. The molecule has 0 radical (unpaired) electrons. The van der Waals surface area contributed by atoms with Crippen LogP contribution in [0, 0.1) is 11.3 Å². The second-order valence-electron chi connectivity index (χ2n) is 4.95. The summed E-state index contributed by atoms with van der Waals surface area (Å²) in [6, 6.07) is 15.7. The summed E-state index contributed by atoms with van der Waals surface area (Å²) in [7, 11) is 0. The molecule has 2 heterocycles. The Labute approximate surface area is 128 Å². The minimum atomic E-state index is 0.214. The number of nitrogens with zero attached hydrogens (tertiary/aromatic N) is 2. The van der Waals surface area contributed by atoms with Gasteiger partial charge in [0.15, 0.2) is 0 Å². The van der Waals surface area contributed by atoms with Crippen LogP contribution in [0.2, 0.25) is 0 Å². The fraction of sp³-hybridized carbons (Fsp3) is 0.111. The Hall–Kier alpha value is -3.06. The van der Waals surface area contributed by atoms with Crippen molar-refractivity contribution in [3.63, 3.8) is 0 Å². The van der Waals surface area contributed by atoms with Crippen molar-refractivity contribution in [3.05, 3.63) is 59.9 Å². The molecular weight excluding hydrogens is 274 g/mol. The summed E-state index contributed by atoms with van der Waals surface area (Å²) in [5.41, 5.74) is 9.90. The molecule has 0 aliphatic carbocycles. The number of hydrogen-bond acceptors (Lipinski definition) is 4. The summed E-state index contributed by atoms with van der Waals surface area (Å²) in [5, 5.41) is 9.32. The van der Waals surface area contributed by atoms with Crippen LogP contribution in [0.15, 0.2) is 53.1 Å². The van der Waals surface area contributed by atoms with E-state index < -0.39 is 0 Å². The second-order valence-corrected chi connectivity index (χ2v) is 4.95. The van der Waals surface area contributed by atoms with Crippen LogP contribution in [0.4, 0.5) is 5.82 Å². The Morgan fingerprint density at radius 1 is 1.23 bits per heavy atom. The first-order valence-corrected chi connectivity index (χ1v) is 7.06. The van der Waals surface area contributed by atoms with E-state index in [-0.39, 0.29) is 5.82 Å². The Bertz CT molecular complexity index is 828. The van der Waals surface area contributed by atoms with Crippen LogP contribution in [0.1, 0.15) is 18.1 Å². The van der Waals surface area contributed by atoms with E-state index >= 15 is 0 Å². The molecule has 1 aromatic carbocycles. The van der Waals surface area contributed by atoms with Crippen LogP contribution >= 0.6 is 0 Å². The first kappa shape index (κ1) is 13.9. The van der Waals surface area contributed by atoms with E-state index in [9.17, 15) is 5.26 Å². The SMILES string of the molecule is CCc1ccc(-c2cc(-c3ccco3)c(C#N)c(N)n2)cc1. The number of nitriles is 1. The zero-order chi connectivity index (χ0) is 15.5. The molecule has 3 aromatic rings. The quantitative estimate of drug-likeness (QED) is 0.790. The number of aromatic nitrogens is 1. The summed E-state index contributed by atoms with van der Waals surface area (Å²) in [6.45, 7) is 2.11. The third-order valence-electron chi connectivity index (χ3n) is 3.60. The molecule has 0 aliphatic heterocycles. The standard InChI is InChI=1S/C18H15N3O/c1-2-12-5-7-13(8-6-12)16-10-14(17-4-3-9-22-17)15(11-19)18(20)21-16/h3-10H,2H2,1H3,(H2,20,21). The zero-order valence-corrected chi connectivity index (χ0v) is 12.2. The van der Waals surface area contributed by atoms with Crippen LogP contribution in [0.3, 0.4) is 0 Å². The summed E-state index contributed by atoms with van der Waals surface area (Å²) in [6.07, 6.45) is 2.56. The largest absolute Gasteiger partial charge is 0.464 e. The number of furan rings is 1. The van der Waals surface area contributed by atoms with Gasteiger partial charge in [0.2, 0.25) is 0 Å². The number of benzene rings is 1. The minimum absolute atomic E-state index is 0.214. The molecule has 0 spiro atoms. The van der Waals surface area contributed by atoms with Gasteiger partial charge in [-0.1, -0.05) is 31.2 Å². The molecule has 3 rings (SSSR count). The summed E-state index contributed by atoms with van der Waals surface area (Å²) < 4.78 is 5.41. The number of rotatable bonds is 3. The van der Waals surface area contributed by atoms with Crippen molar-refractivity contribution in [1.82, 2.24) is 4.98 Å². The van der Waals surface area contributed by atoms with Gasteiger partial charge in [0.1, 0.15) is 23.2 Å². The van der Waals surface area contributed by atoms with E-state index in [1.54, 1.807) is 18.4 Å². The third kappa shape index (κ3) is 2.45. The summed E-state index contributed by atoms with van der Waals surface area (Å²) in [4.78, 5) is 4.35. The predicted molar refractivity (Wildman–Crippen MR) is 85.9 cm³/mol. The van der Waals surface area contributed by atoms with Crippen LogP contribution in [0.5, 0.6) is 0 Å². The fourth-order valence-electron chi connectivity index (χ4n) is 2.37. The zero-order valence-electron chi connectivity index (χ0n) is 12.2. The fourth-order valence-corrected chi connectivity index (χ4v) is 2.37. The summed E-state index contributed by atoms with van der Waals surface area (Å²) >= 11 is 0. The molecule has 2 N–H and O–H groups in total. The van der Waals surface area contributed by atoms with Crippen molar-refractivity contribution in [2.45, 2.75) is 13.3 Å². The highest BCUT2D eigenvalue weighted by molar-refractivity contribution is 5.77. The maximum Gasteiger partial charge on any atom is 0.142 e. The molecule has 4 nitrogen and oxygen atoms in total. The molecule has 108 valence electrons. The first-order chi connectivity index (χ1) is 10.7. The van der Waals surface area contributed by atoms with Gasteiger partial charge in [0.05, 0.1) is 12.0 Å². The highest BCUT2D eigenvalue weighted by Crippen LogP contribution is 2.31. The van der Waals surface area contributed by atoms with Gasteiger partial charge in [0.25, 0.3) is 0 Å². The Balaban J connectivity index is 2.15. The van der Waals surface area contributed by atoms with Crippen LogP contribution in [-0.2, 0) is 6.42 Å². The Morgan fingerprint density at radius 2 is 2.00 bits per heavy atom. The van der Waals surface area contributed by atoms with Crippen molar-refractivity contribution in [3.8, 4) is 28.7 Å². The number of aryl methyl sites for hydroxylation is 1. The van der Waals surface area contributed by atoms with E-state index in [1.165, 1.54) is 5.56 Å². The lowest BCUT2D eigenvalue weighted by Crippen LogP contribution is -1.99. The molecule has 0 saturated heterocycles. The number of pyridine rings is 1. The van der Waals surface area contributed by atoms with Gasteiger partial charge in [-0.2, -0.15) is 5.26 Å². The van der Waals surface area contributed by atoms with Crippen LogP contribution in [0.25, 0.3) is 22.6 Å². The number of hydrogen-bond donors (Lipinski definition) is 1. The third-order valence-corrected chi connectivity index (χ3v) is 3.60. The van der Waals surface area contributed by atoms with Gasteiger partial charge in [-0.15, -0.1) is 0 Å². The minimum Gasteiger partial charge on any atom is -0.464 e. The molecular formula is C18H15N3O. The van der Waals surface area contributed by atoms with E-state index in [2.05, 4.69) is 30.1 Å². The van der Waals surface area contributed by atoms with Gasteiger partial charge < -0.3 is 10.2 Å². The Kier molecular flexibility index (Phi) is 3.63. The topological polar surface area (TPSA) is 75.8 Å². The van der Waals surface area contributed by atoms with Crippen molar-refractivity contribution >= 4 is 5.82 Å². The molecule has 0 saturated carbocycles. The average molecular weight is 289 g/mol. The smallest absolute Gasteiger partial charge is 0.142 e. The van der Waals surface area contributed by atoms with Gasteiger partial charge in [-0.05, 0) is 30.2 Å². The molecule has 2 aromatic heterocycles. The van der Waals surface area contributed by atoms with Crippen LogP contribution in [-0.4, -0.2) is 4.98 Å². The molecule has 0 aliphatic rings. The molecule has 0 atom stereocenters. The lowest BCUT2D eigenvalue weighted by molar-refractivity contribution is 0.582. The number of nitrogens with two attached hydrogens (primary N) is 1. The van der Waals surface area contributed by atoms with Gasteiger partial charge in [0, 0.05) is 11.1 Å². The normalized spacial score (nSPS) is 10.4. The van der Waals surface area contributed by atoms with Gasteiger partial charge in [-0.3, -0.25) is 0 Å². The average Bonchev–Trinajstić information content (AvgIpc) is 3.08. The maximum atomic E-state index is 9.32. The molecule has 4 heteroatoms. The second kappa shape index (κ2) is 5.74. The highest BCUT2D eigenvalue weighted by Gasteiger charge is 2.15. The highest BCUT2D eigenvalue weighted by atomic mass is 16.3. The van der Waals surface area contributed by atoms with Crippen molar-refractivity contribution in [2.24, 2.45) is 0 Å². The van der Waals surface area contributed by atoms with E-state index in [1.807, 2.05) is 18.2 Å². The molecule has 22 heavy (non-hydrogen) atoms. The molecule has 0 amide bonds.